The van der Waals surface area contributed by atoms with E-state index < -0.39 is 0 Å². The summed E-state index contributed by atoms with van der Waals surface area (Å²) in [7, 11) is 0. The van der Waals surface area contributed by atoms with Crippen LogP contribution in [0.3, 0.4) is 0 Å². The molecule has 0 saturated heterocycles. The quantitative estimate of drug-likeness (QED) is 0.348. The fourth-order valence-electron chi connectivity index (χ4n) is 2.56. The molecule has 1 nitrogen and oxygen atoms in total. The van der Waals surface area contributed by atoms with Crippen LogP contribution in [0, 0.1) is 11.8 Å². The summed E-state index contributed by atoms with van der Waals surface area (Å²) in [6.07, 6.45) is 13.7. The van der Waals surface area contributed by atoms with E-state index in [0.717, 1.165) is 37.2 Å². The van der Waals surface area contributed by atoms with Gasteiger partial charge in [-0.3, -0.25) is 0 Å². The van der Waals surface area contributed by atoms with Gasteiger partial charge in [-0.05, 0) is 72.4 Å². The molecule has 0 heterocycles. The van der Waals surface area contributed by atoms with Crippen molar-refractivity contribution in [1.29, 1.82) is 0 Å². The number of rotatable bonds is 9. The molecule has 0 unspecified atom stereocenters. The van der Waals surface area contributed by atoms with Crippen LogP contribution in [0.5, 0.6) is 5.75 Å². The predicted octanol–water partition coefficient (Wildman–Crippen LogP) is 6.94. The standard InChI is InChI=1S/C26H30O/c1-3-5-11-23-14-16-24(17-15-23)12-9-7-8-10-13-25-18-20-26(21-19-25)27-22-6-4-2/h9-10,12-21H,3-6,11,22H2,1-2H3/b12-9+,13-10+. The van der Waals surface area contributed by atoms with Gasteiger partial charge in [-0.2, -0.15) is 0 Å². The molecule has 0 amide bonds. The van der Waals surface area contributed by atoms with Crippen LogP contribution in [0.25, 0.3) is 12.2 Å². The first-order valence-corrected chi connectivity index (χ1v) is 9.97. The predicted molar refractivity (Wildman–Crippen MR) is 118 cm³/mol. The summed E-state index contributed by atoms with van der Waals surface area (Å²) in [5, 5.41) is 0. The molecule has 2 rings (SSSR count). The maximum Gasteiger partial charge on any atom is 0.119 e. The Morgan fingerprint density at radius 2 is 1.30 bits per heavy atom. The van der Waals surface area contributed by atoms with Crippen molar-refractivity contribution in [3.8, 4) is 17.6 Å². The molecule has 0 radical (unpaired) electrons. The van der Waals surface area contributed by atoms with Crippen molar-refractivity contribution >= 4 is 12.2 Å². The SMILES string of the molecule is CCCCOc1ccc(/C=C/C#C/C=C/c2ccc(CCCC)cc2)cc1. The lowest BCUT2D eigenvalue weighted by atomic mass is 10.1. The number of ether oxygens (including phenoxy) is 1. The average Bonchev–Trinajstić information content (AvgIpc) is 2.71. The van der Waals surface area contributed by atoms with Crippen molar-refractivity contribution < 1.29 is 4.74 Å². The van der Waals surface area contributed by atoms with Crippen molar-refractivity contribution in [3.63, 3.8) is 0 Å². The normalized spacial score (nSPS) is 10.9. The molecule has 140 valence electrons. The molecule has 0 atom stereocenters. The van der Waals surface area contributed by atoms with Crippen molar-refractivity contribution in [2.24, 2.45) is 0 Å². The molecule has 0 N–H and O–H groups in total. The number of aryl methyl sites for hydroxylation is 1. The fourth-order valence-corrected chi connectivity index (χ4v) is 2.56. The second-order valence-electron chi connectivity index (χ2n) is 6.57. The summed E-state index contributed by atoms with van der Waals surface area (Å²) in [6.45, 7) is 5.17. The molecular weight excluding hydrogens is 328 g/mol. The first kappa shape index (κ1) is 20.6. The van der Waals surface area contributed by atoms with Crippen LogP contribution in [0.2, 0.25) is 0 Å². The van der Waals surface area contributed by atoms with Gasteiger partial charge < -0.3 is 4.74 Å². The third-order valence-electron chi connectivity index (χ3n) is 4.25. The highest BCUT2D eigenvalue weighted by molar-refractivity contribution is 5.56. The highest BCUT2D eigenvalue weighted by Gasteiger charge is 1.93. The highest BCUT2D eigenvalue weighted by atomic mass is 16.5. The van der Waals surface area contributed by atoms with Crippen LogP contribution >= 0.6 is 0 Å². The molecule has 0 aliphatic carbocycles. The summed E-state index contributed by atoms with van der Waals surface area (Å²) in [5.74, 6) is 7.03. The highest BCUT2D eigenvalue weighted by Crippen LogP contribution is 2.13. The fraction of sp³-hybridized carbons (Fsp3) is 0.308. The van der Waals surface area contributed by atoms with Gasteiger partial charge in [0.1, 0.15) is 5.75 Å². The Morgan fingerprint density at radius 1 is 0.741 bits per heavy atom. The molecular formula is C26H30O. The first-order chi connectivity index (χ1) is 13.3. The zero-order valence-electron chi connectivity index (χ0n) is 16.6. The monoisotopic (exact) mass is 358 g/mol. The van der Waals surface area contributed by atoms with Gasteiger partial charge in [0.05, 0.1) is 6.61 Å². The Morgan fingerprint density at radius 3 is 1.85 bits per heavy atom. The molecule has 0 aliphatic heterocycles. The van der Waals surface area contributed by atoms with E-state index in [1.165, 1.54) is 24.0 Å². The Kier molecular flexibility index (Phi) is 9.61. The van der Waals surface area contributed by atoms with Crippen LogP contribution < -0.4 is 4.74 Å². The lowest BCUT2D eigenvalue weighted by Gasteiger charge is -2.04. The molecule has 0 spiro atoms. The molecule has 0 bridgehead atoms. The maximum absolute atomic E-state index is 5.67. The number of hydrogen-bond acceptors (Lipinski definition) is 1. The molecule has 0 aromatic heterocycles. The second-order valence-corrected chi connectivity index (χ2v) is 6.57. The van der Waals surface area contributed by atoms with Crippen LogP contribution in [0.1, 0.15) is 56.2 Å². The Hall–Kier alpha value is -2.72. The third-order valence-corrected chi connectivity index (χ3v) is 4.25. The first-order valence-electron chi connectivity index (χ1n) is 9.97. The topological polar surface area (TPSA) is 9.23 Å². The summed E-state index contributed by atoms with van der Waals surface area (Å²) >= 11 is 0. The van der Waals surface area contributed by atoms with E-state index in [-0.39, 0.29) is 0 Å². The van der Waals surface area contributed by atoms with Gasteiger partial charge in [-0.1, -0.05) is 74.9 Å². The molecule has 0 aliphatic rings. The van der Waals surface area contributed by atoms with Crippen LogP contribution in [-0.2, 0) is 6.42 Å². The van der Waals surface area contributed by atoms with Crippen LogP contribution in [-0.4, -0.2) is 6.61 Å². The lowest BCUT2D eigenvalue weighted by Crippen LogP contribution is -1.95. The number of allylic oxidation sites excluding steroid dienone is 2. The summed E-state index contributed by atoms with van der Waals surface area (Å²) in [5.41, 5.74) is 3.72. The van der Waals surface area contributed by atoms with Crippen LogP contribution in [0.15, 0.2) is 60.7 Å². The van der Waals surface area contributed by atoms with Gasteiger partial charge in [0.15, 0.2) is 0 Å². The lowest BCUT2D eigenvalue weighted by molar-refractivity contribution is 0.309. The van der Waals surface area contributed by atoms with Gasteiger partial charge in [0.25, 0.3) is 0 Å². The Labute approximate surface area is 164 Å². The number of benzene rings is 2. The molecule has 2 aromatic rings. The van der Waals surface area contributed by atoms with Gasteiger partial charge in [-0.25, -0.2) is 0 Å². The van der Waals surface area contributed by atoms with E-state index in [2.05, 4.69) is 62.1 Å². The minimum Gasteiger partial charge on any atom is -0.494 e. The minimum atomic E-state index is 0.783. The third kappa shape index (κ3) is 8.47. The Bertz CT molecular complexity index is 768. The van der Waals surface area contributed by atoms with Crippen molar-refractivity contribution in [2.75, 3.05) is 6.61 Å². The van der Waals surface area contributed by atoms with Crippen molar-refractivity contribution in [3.05, 3.63) is 77.4 Å². The molecule has 27 heavy (non-hydrogen) atoms. The summed E-state index contributed by atoms with van der Waals surface area (Å²) in [6, 6.07) is 16.8. The van der Waals surface area contributed by atoms with Gasteiger partial charge in [0.2, 0.25) is 0 Å². The number of unbranched alkanes of at least 4 members (excludes halogenated alkanes) is 2. The molecule has 2 aromatic carbocycles. The smallest absolute Gasteiger partial charge is 0.119 e. The van der Waals surface area contributed by atoms with Gasteiger partial charge in [0, 0.05) is 0 Å². The molecule has 1 heteroatoms. The van der Waals surface area contributed by atoms with E-state index in [1.54, 1.807) is 0 Å². The van der Waals surface area contributed by atoms with Crippen molar-refractivity contribution in [1.82, 2.24) is 0 Å². The zero-order valence-corrected chi connectivity index (χ0v) is 16.6. The second kappa shape index (κ2) is 12.6. The van der Waals surface area contributed by atoms with Gasteiger partial charge in [-0.15, -0.1) is 0 Å². The van der Waals surface area contributed by atoms with Gasteiger partial charge >= 0.3 is 0 Å². The van der Waals surface area contributed by atoms with E-state index in [4.69, 9.17) is 4.74 Å². The Balaban J connectivity index is 1.79. The molecule has 0 saturated carbocycles. The van der Waals surface area contributed by atoms with Crippen LogP contribution in [0.4, 0.5) is 0 Å². The summed E-state index contributed by atoms with van der Waals surface area (Å²) in [4.78, 5) is 0. The van der Waals surface area contributed by atoms with E-state index in [9.17, 15) is 0 Å². The number of hydrogen-bond donors (Lipinski definition) is 0. The van der Waals surface area contributed by atoms with E-state index in [0.29, 0.717) is 0 Å². The maximum atomic E-state index is 5.67. The average molecular weight is 359 g/mol. The zero-order chi connectivity index (χ0) is 19.2. The van der Waals surface area contributed by atoms with Crippen molar-refractivity contribution in [2.45, 2.75) is 46.0 Å². The molecule has 0 fully saturated rings. The summed E-state index contributed by atoms with van der Waals surface area (Å²) < 4.78 is 5.67. The van der Waals surface area contributed by atoms with E-state index in [1.807, 2.05) is 36.4 Å². The largest absolute Gasteiger partial charge is 0.494 e. The van der Waals surface area contributed by atoms with E-state index >= 15 is 0 Å². The minimum absolute atomic E-state index is 0.783.